The van der Waals surface area contributed by atoms with E-state index in [2.05, 4.69) is 50.8 Å². The second-order valence-corrected chi connectivity index (χ2v) is 5.39. The fourth-order valence-corrected chi connectivity index (χ4v) is 2.61. The van der Waals surface area contributed by atoms with Crippen molar-refractivity contribution in [1.82, 2.24) is 10.6 Å². The van der Waals surface area contributed by atoms with Gasteiger partial charge in [0.05, 0.1) is 0 Å². The Hall–Kier alpha value is -0.380. The Morgan fingerprint density at radius 2 is 2.38 bits per heavy atom. The van der Waals surface area contributed by atoms with Gasteiger partial charge in [-0.1, -0.05) is 28.1 Å². The number of nitrogens with one attached hydrogen (secondary N) is 2. The van der Waals surface area contributed by atoms with Gasteiger partial charge in [-0.25, -0.2) is 0 Å². The van der Waals surface area contributed by atoms with E-state index >= 15 is 0 Å². The van der Waals surface area contributed by atoms with Gasteiger partial charge in [-0.05, 0) is 56.1 Å². The smallest absolute Gasteiger partial charge is 0.0206 e. The molecule has 1 aliphatic heterocycles. The summed E-state index contributed by atoms with van der Waals surface area (Å²) in [5.41, 5.74) is 1.35. The number of halogens is 1. The highest BCUT2D eigenvalue weighted by Gasteiger charge is 2.11. The van der Waals surface area contributed by atoms with Gasteiger partial charge in [0, 0.05) is 11.0 Å². The molecule has 1 unspecified atom stereocenters. The Balaban J connectivity index is 1.71. The van der Waals surface area contributed by atoms with E-state index in [0.717, 1.165) is 23.5 Å². The van der Waals surface area contributed by atoms with Gasteiger partial charge in [-0.2, -0.15) is 0 Å². The summed E-state index contributed by atoms with van der Waals surface area (Å²) < 4.78 is 1.16. The van der Waals surface area contributed by atoms with Gasteiger partial charge in [0.1, 0.15) is 0 Å². The zero-order chi connectivity index (χ0) is 11.2. The Morgan fingerprint density at radius 1 is 1.44 bits per heavy atom. The molecule has 1 atom stereocenters. The highest BCUT2D eigenvalue weighted by atomic mass is 79.9. The summed E-state index contributed by atoms with van der Waals surface area (Å²) in [6, 6.07) is 8.49. The van der Waals surface area contributed by atoms with Crippen LogP contribution in [0.2, 0.25) is 0 Å². The monoisotopic (exact) mass is 282 g/mol. The Kier molecular flexibility index (Phi) is 4.82. The molecule has 2 nitrogen and oxygen atoms in total. The highest BCUT2D eigenvalue weighted by Crippen LogP contribution is 2.12. The molecule has 0 amide bonds. The summed E-state index contributed by atoms with van der Waals surface area (Å²) in [4.78, 5) is 0. The van der Waals surface area contributed by atoms with Gasteiger partial charge in [0.25, 0.3) is 0 Å². The number of benzene rings is 1. The van der Waals surface area contributed by atoms with Crippen molar-refractivity contribution in [2.45, 2.75) is 19.4 Å². The number of rotatable bonds is 4. The molecular formula is C13H19BrN2. The lowest BCUT2D eigenvalue weighted by atomic mass is 10.00. The van der Waals surface area contributed by atoms with Crippen LogP contribution in [0.15, 0.2) is 28.7 Å². The van der Waals surface area contributed by atoms with E-state index in [1.165, 1.54) is 31.5 Å². The molecule has 1 saturated heterocycles. The third-order valence-corrected chi connectivity index (χ3v) is 3.54. The Morgan fingerprint density at radius 3 is 3.12 bits per heavy atom. The molecule has 0 bridgehead atoms. The first kappa shape index (κ1) is 12.1. The molecule has 3 heteroatoms. The Labute approximate surface area is 106 Å². The zero-order valence-corrected chi connectivity index (χ0v) is 11.1. The van der Waals surface area contributed by atoms with Crippen molar-refractivity contribution in [1.29, 1.82) is 0 Å². The van der Waals surface area contributed by atoms with Crippen LogP contribution in [-0.2, 0) is 6.54 Å². The normalized spacial score (nSPS) is 20.9. The topological polar surface area (TPSA) is 24.1 Å². The van der Waals surface area contributed by atoms with Crippen LogP contribution in [0.4, 0.5) is 0 Å². The van der Waals surface area contributed by atoms with Crippen molar-refractivity contribution in [2.24, 2.45) is 5.92 Å². The molecule has 1 aliphatic rings. The minimum Gasteiger partial charge on any atom is -0.316 e. The first-order chi connectivity index (χ1) is 7.84. The molecule has 88 valence electrons. The summed E-state index contributed by atoms with van der Waals surface area (Å²) in [5.74, 6) is 0.806. The molecule has 1 heterocycles. The van der Waals surface area contributed by atoms with Crippen molar-refractivity contribution in [3.63, 3.8) is 0 Å². The summed E-state index contributed by atoms with van der Waals surface area (Å²) >= 11 is 3.49. The SMILES string of the molecule is Brc1cccc(CNCC2CCCNC2)c1. The minimum absolute atomic E-state index is 0.806. The summed E-state index contributed by atoms with van der Waals surface area (Å²) in [5, 5.41) is 6.98. The molecule has 2 rings (SSSR count). The van der Waals surface area contributed by atoms with E-state index < -0.39 is 0 Å². The quantitative estimate of drug-likeness (QED) is 0.887. The van der Waals surface area contributed by atoms with Gasteiger partial charge >= 0.3 is 0 Å². The predicted molar refractivity (Wildman–Crippen MR) is 71.4 cm³/mol. The summed E-state index contributed by atoms with van der Waals surface area (Å²) in [6.07, 6.45) is 2.68. The van der Waals surface area contributed by atoms with Crippen molar-refractivity contribution >= 4 is 15.9 Å². The third-order valence-electron chi connectivity index (χ3n) is 3.05. The number of piperidine rings is 1. The number of hydrogen-bond acceptors (Lipinski definition) is 2. The van der Waals surface area contributed by atoms with Crippen LogP contribution < -0.4 is 10.6 Å². The maximum Gasteiger partial charge on any atom is 0.0206 e. The van der Waals surface area contributed by atoms with Gasteiger partial charge < -0.3 is 10.6 Å². The molecule has 0 saturated carbocycles. The second kappa shape index (κ2) is 6.38. The predicted octanol–water partition coefficient (Wildman–Crippen LogP) is 2.54. The third kappa shape index (κ3) is 3.89. The summed E-state index contributed by atoms with van der Waals surface area (Å²) in [7, 11) is 0. The second-order valence-electron chi connectivity index (χ2n) is 4.47. The van der Waals surface area contributed by atoms with E-state index in [0.29, 0.717) is 0 Å². The molecule has 16 heavy (non-hydrogen) atoms. The van der Waals surface area contributed by atoms with Crippen molar-refractivity contribution in [2.75, 3.05) is 19.6 Å². The highest BCUT2D eigenvalue weighted by molar-refractivity contribution is 9.10. The van der Waals surface area contributed by atoms with Gasteiger partial charge in [0.2, 0.25) is 0 Å². The maximum absolute atomic E-state index is 3.54. The standard InChI is InChI=1S/C13H19BrN2/c14-13-5-1-3-11(7-13)8-16-10-12-4-2-6-15-9-12/h1,3,5,7,12,15-16H,2,4,6,8-10H2. The minimum atomic E-state index is 0.806. The Bertz CT molecular complexity index is 321. The lowest BCUT2D eigenvalue weighted by molar-refractivity contribution is 0.360. The van der Waals surface area contributed by atoms with E-state index in [-0.39, 0.29) is 0 Å². The first-order valence-electron chi connectivity index (χ1n) is 6.00. The fourth-order valence-electron chi connectivity index (χ4n) is 2.17. The van der Waals surface area contributed by atoms with Crippen molar-refractivity contribution < 1.29 is 0 Å². The largest absolute Gasteiger partial charge is 0.316 e. The molecule has 1 fully saturated rings. The van der Waals surface area contributed by atoms with Crippen LogP contribution in [0.5, 0.6) is 0 Å². The van der Waals surface area contributed by atoms with Crippen LogP contribution in [0.25, 0.3) is 0 Å². The lowest BCUT2D eigenvalue weighted by Crippen LogP contribution is -2.35. The van der Waals surface area contributed by atoms with Crippen molar-refractivity contribution in [3.8, 4) is 0 Å². The fraction of sp³-hybridized carbons (Fsp3) is 0.538. The van der Waals surface area contributed by atoms with Crippen LogP contribution >= 0.6 is 15.9 Å². The molecule has 0 aliphatic carbocycles. The number of hydrogen-bond donors (Lipinski definition) is 2. The maximum atomic E-state index is 3.54. The van der Waals surface area contributed by atoms with E-state index in [9.17, 15) is 0 Å². The van der Waals surface area contributed by atoms with Gasteiger partial charge in [-0.3, -0.25) is 0 Å². The first-order valence-corrected chi connectivity index (χ1v) is 6.80. The average Bonchev–Trinajstić information content (AvgIpc) is 2.30. The van der Waals surface area contributed by atoms with E-state index in [1.807, 2.05) is 0 Å². The van der Waals surface area contributed by atoms with Gasteiger partial charge in [0.15, 0.2) is 0 Å². The van der Waals surface area contributed by atoms with Crippen LogP contribution in [0.1, 0.15) is 18.4 Å². The van der Waals surface area contributed by atoms with E-state index in [4.69, 9.17) is 0 Å². The van der Waals surface area contributed by atoms with Gasteiger partial charge in [-0.15, -0.1) is 0 Å². The molecule has 0 aromatic heterocycles. The van der Waals surface area contributed by atoms with Crippen LogP contribution in [0.3, 0.4) is 0 Å². The van der Waals surface area contributed by atoms with Crippen LogP contribution in [0, 0.1) is 5.92 Å². The summed E-state index contributed by atoms with van der Waals surface area (Å²) in [6.45, 7) is 4.46. The molecule has 1 aromatic carbocycles. The molecule has 1 aromatic rings. The average molecular weight is 283 g/mol. The lowest BCUT2D eigenvalue weighted by Gasteiger charge is -2.22. The van der Waals surface area contributed by atoms with Crippen LogP contribution in [-0.4, -0.2) is 19.6 Å². The van der Waals surface area contributed by atoms with Crippen molar-refractivity contribution in [3.05, 3.63) is 34.3 Å². The molecular weight excluding hydrogens is 264 g/mol. The zero-order valence-electron chi connectivity index (χ0n) is 9.51. The molecule has 0 radical (unpaired) electrons. The van der Waals surface area contributed by atoms with E-state index in [1.54, 1.807) is 0 Å². The molecule has 2 N–H and O–H groups in total. The molecule has 0 spiro atoms.